The van der Waals surface area contributed by atoms with E-state index in [0.29, 0.717) is 29.8 Å². The van der Waals surface area contributed by atoms with Crippen molar-refractivity contribution in [3.05, 3.63) is 77.1 Å². The van der Waals surface area contributed by atoms with Gasteiger partial charge in [-0.25, -0.2) is 13.2 Å². The lowest BCUT2D eigenvalue weighted by Crippen LogP contribution is -2.50. The van der Waals surface area contributed by atoms with Gasteiger partial charge in [0.1, 0.15) is 24.1 Å². The van der Waals surface area contributed by atoms with Crippen molar-refractivity contribution in [1.29, 1.82) is 0 Å². The summed E-state index contributed by atoms with van der Waals surface area (Å²) < 4.78 is 47.3. The predicted molar refractivity (Wildman–Crippen MR) is 207 cm³/mol. The first-order chi connectivity index (χ1) is 26.9. The standard InChI is InChI=1S/C39H53ClN4O11S/c1-53-20-19-44(18-6-2-5-16-42-38(50)43-23-33(46)36(48)37(49)34(47)24-45)56(51,52)28-11-12-32(40)26(21-28)25-54-39(14-15-39)31-22-41-17-13-29(31)30-7-3-4-8-35(30)55-27-9-10-27/h3-4,7-8,11-13,17,21-22,27,33-34,36-37,45-49H,2,5-6,9-10,14-16,18-20,23-25H2,1H3,(H2,42,43,50)/t33-,34+,36+,37+/m0/s1. The minimum Gasteiger partial charge on any atom is -0.490 e. The van der Waals surface area contributed by atoms with Crippen LogP contribution in [-0.4, -0.2) is 126 Å². The Morgan fingerprint density at radius 1 is 0.982 bits per heavy atom. The highest BCUT2D eigenvalue weighted by Crippen LogP contribution is 2.53. The number of sulfonamides is 1. The molecular weight excluding hydrogens is 768 g/mol. The molecule has 308 valence electrons. The minimum atomic E-state index is -3.95. The number of pyridine rings is 1. The molecule has 2 aromatic carbocycles. The summed E-state index contributed by atoms with van der Waals surface area (Å²) in [4.78, 5) is 16.6. The number of hydrogen-bond acceptors (Lipinski definition) is 12. The van der Waals surface area contributed by atoms with Gasteiger partial charge in [0.15, 0.2) is 0 Å². The molecule has 2 aliphatic rings. The SMILES string of the molecule is COCCN(CCCCCNC(=O)NC[C@H](O)[C@@H](O)[C@H](O)[C@H](O)CO)S(=O)(=O)c1ccc(Cl)c(COC2(c3cnccc3-c3ccccc3OC3CC3)CC2)c1. The number of carbonyl (C=O) groups excluding carboxylic acids is 1. The van der Waals surface area contributed by atoms with Gasteiger partial charge in [0.05, 0.1) is 42.5 Å². The third kappa shape index (κ3) is 11.6. The van der Waals surface area contributed by atoms with E-state index in [0.717, 1.165) is 48.1 Å². The number of aromatic nitrogens is 1. The summed E-state index contributed by atoms with van der Waals surface area (Å²) in [5, 5.41) is 53.2. The maximum absolute atomic E-state index is 14.0. The molecule has 0 aliphatic heterocycles. The molecule has 2 fully saturated rings. The average Bonchev–Trinajstić information content (AvgIpc) is 4.16. The van der Waals surface area contributed by atoms with E-state index in [1.807, 2.05) is 36.5 Å². The van der Waals surface area contributed by atoms with Crippen LogP contribution in [-0.2, 0) is 31.7 Å². The molecule has 3 aromatic rings. The number of amides is 2. The van der Waals surface area contributed by atoms with E-state index >= 15 is 0 Å². The first kappa shape index (κ1) is 43.7. The van der Waals surface area contributed by atoms with E-state index in [9.17, 15) is 33.6 Å². The molecule has 0 spiro atoms. The van der Waals surface area contributed by atoms with E-state index in [1.54, 1.807) is 18.3 Å². The number of aliphatic hydroxyl groups excluding tert-OH is 5. The maximum Gasteiger partial charge on any atom is 0.314 e. The number of ether oxygens (including phenoxy) is 3. The van der Waals surface area contributed by atoms with Crippen LogP contribution < -0.4 is 15.4 Å². The Bertz CT molecular complexity index is 1850. The molecule has 7 N–H and O–H groups in total. The number of hydrogen-bond donors (Lipinski definition) is 7. The zero-order chi connectivity index (χ0) is 40.3. The number of halogens is 1. The summed E-state index contributed by atoms with van der Waals surface area (Å²) in [6.45, 7) is -0.359. The minimum absolute atomic E-state index is 0.0821. The Morgan fingerprint density at radius 2 is 1.73 bits per heavy atom. The van der Waals surface area contributed by atoms with Gasteiger partial charge >= 0.3 is 6.03 Å². The highest BCUT2D eigenvalue weighted by atomic mass is 35.5. The number of rotatable bonds is 24. The molecule has 17 heteroatoms. The van der Waals surface area contributed by atoms with Crippen molar-refractivity contribution >= 4 is 27.7 Å². The molecule has 0 bridgehead atoms. The molecule has 0 radical (unpaired) electrons. The quantitative estimate of drug-likeness (QED) is 0.0649. The molecular formula is C39H53ClN4O11S. The third-order valence-corrected chi connectivity index (χ3v) is 12.1. The molecule has 2 saturated carbocycles. The summed E-state index contributed by atoms with van der Waals surface area (Å²) in [7, 11) is -2.45. The third-order valence-electron chi connectivity index (χ3n) is 9.88. The molecule has 2 aliphatic carbocycles. The first-order valence-corrected chi connectivity index (χ1v) is 20.7. The summed E-state index contributed by atoms with van der Waals surface area (Å²) in [6.07, 6.45) is 2.25. The van der Waals surface area contributed by atoms with Crippen LogP contribution in [0.4, 0.5) is 4.79 Å². The highest BCUT2D eigenvalue weighted by molar-refractivity contribution is 7.89. The lowest BCUT2D eigenvalue weighted by atomic mass is 9.96. The molecule has 0 unspecified atom stereocenters. The van der Waals surface area contributed by atoms with Gasteiger partial charge in [0.2, 0.25) is 10.0 Å². The van der Waals surface area contributed by atoms with E-state index in [1.165, 1.54) is 17.5 Å². The maximum atomic E-state index is 14.0. The zero-order valence-electron chi connectivity index (χ0n) is 31.4. The van der Waals surface area contributed by atoms with E-state index in [-0.39, 0.29) is 43.8 Å². The fourth-order valence-electron chi connectivity index (χ4n) is 6.22. The van der Waals surface area contributed by atoms with Gasteiger partial charge in [0, 0.05) is 61.8 Å². The number of carbonyl (C=O) groups is 1. The van der Waals surface area contributed by atoms with Crippen LogP contribution in [0.2, 0.25) is 5.02 Å². The van der Waals surface area contributed by atoms with Crippen molar-refractivity contribution in [2.75, 3.05) is 46.5 Å². The number of methoxy groups -OCH3 is 1. The van der Waals surface area contributed by atoms with Crippen LogP contribution in [0, 0.1) is 0 Å². The fourth-order valence-corrected chi connectivity index (χ4v) is 7.91. The van der Waals surface area contributed by atoms with Gasteiger partial charge < -0.3 is 50.4 Å². The van der Waals surface area contributed by atoms with Crippen LogP contribution in [0.3, 0.4) is 0 Å². The highest BCUT2D eigenvalue weighted by Gasteiger charge is 2.48. The lowest BCUT2D eigenvalue weighted by molar-refractivity contribution is -0.113. The summed E-state index contributed by atoms with van der Waals surface area (Å²) in [6, 6.07) is 13.9. The van der Waals surface area contributed by atoms with Crippen molar-refractivity contribution < 1.29 is 53.0 Å². The van der Waals surface area contributed by atoms with Crippen molar-refractivity contribution in [1.82, 2.24) is 19.9 Å². The normalized spacial score (nSPS) is 17.2. The number of nitrogens with zero attached hydrogens (tertiary/aromatic N) is 2. The molecule has 1 aromatic heterocycles. The Balaban J connectivity index is 1.15. The molecule has 2 amide bonds. The molecule has 56 heavy (non-hydrogen) atoms. The van der Waals surface area contributed by atoms with E-state index < -0.39 is 59.2 Å². The van der Waals surface area contributed by atoms with Crippen molar-refractivity contribution in [3.63, 3.8) is 0 Å². The topological polar surface area (TPSA) is 220 Å². The summed E-state index contributed by atoms with van der Waals surface area (Å²) in [5.74, 6) is 0.823. The number of nitrogens with one attached hydrogen (secondary N) is 2. The lowest BCUT2D eigenvalue weighted by Gasteiger charge is -2.25. The molecule has 5 rings (SSSR count). The molecule has 15 nitrogen and oxygen atoms in total. The van der Waals surface area contributed by atoms with Gasteiger partial charge in [-0.1, -0.05) is 36.2 Å². The van der Waals surface area contributed by atoms with Gasteiger partial charge in [-0.3, -0.25) is 4.98 Å². The summed E-state index contributed by atoms with van der Waals surface area (Å²) >= 11 is 6.62. The van der Waals surface area contributed by atoms with Crippen LogP contribution >= 0.6 is 11.6 Å². The van der Waals surface area contributed by atoms with Gasteiger partial charge in [0.25, 0.3) is 0 Å². The van der Waals surface area contributed by atoms with Gasteiger partial charge in [-0.05, 0) is 80.0 Å². The Labute approximate surface area is 332 Å². The smallest absolute Gasteiger partial charge is 0.314 e. The summed E-state index contributed by atoms with van der Waals surface area (Å²) in [5.41, 5.74) is 2.83. The van der Waals surface area contributed by atoms with Crippen LogP contribution in [0.1, 0.15) is 56.1 Å². The second kappa shape index (κ2) is 20.3. The molecule has 1 heterocycles. The number of aliphatic hydroxyl groups is 5. The predicted octanol–water partition coefficient (Wildman–Crippen LogP) is 2.69. The fraction of sp³-hybridized carbons (Fsp3) is 0.538. The van der Waals surface area contributed by atoms with Crippen LogP contribution in [0.15, 0.2) is 65.8 Å². The number of para-hydroxylation sites is 1. The van der Waals surface area contributed by atoms with Gasteiger partial charge in [-0.15, -0.1) is 0 Å². The van der Waals surface area contributed by atoms with E-state index in [2.05, 4.69) is 15.6 Å². The Hall–Kier alpha value is -3.42. The monoisotopic (exact) mass is 820 g/mol. The Kier molecular flexibility index (Phi) is 15.9. The van der Waals surface area contributed by atoms with Crippen molar-refractivity contribution in [3.8, 4) is 16.9 Å². The number of urea groups is 1. The van der Waals surface area contributed by atoms with E-state index in [4.69, 9.17) is 30.9 Å². The average molecular weight is 821 g/mol. The number of benzene rings is 2. The van der Waals surface area contributed by atoms with Crippen LogP contribution in [0.25, 0.3) is 11.1 Å². The number of unbranched alkanes of at least 4 members (excludes halogenated alkanes) is 2. The zero-order valence-corrected chi connectivity index (χ0v) is 33.0. The van der Waals surface area contributed by atoms with Crippen molar-refractivity contribution in [2.45, 2.75) is 92.6 Å². The van der Waals surface area contributed by atoms with Crippen LogP contribution in [0.5, 0.6) is 5.75 Å². The van der Waals surface area contributed by atoms with Gasteiger partial charge in [-0.2, -0.15) is 4.31 Å². The molecule has 0 saturated heterocycles. The molecule has 4 atom stereocenters. The van der Waals surface area contributed by atoms with Crippen molar-refractivity contribution in [2.24, 2.45) is 0 Å². The largest absolute Gasteiger partial charge is 0.490 e. The second-order valence-corrected chi connectivity index (χ2v) is 16.5. The second-order valence-electron chi connectivity index (χ2n) is 14.2. The Morgan fingerprint density at radius 3 is 2.45 bits per heavy atom. The first-order valence-electron chi connectivity index (χ1n) is 18.9.